The minimum Gasteiger partial charge on any atom is -0.447 e. The lowest BCUT2D eigenvalue weighted by Gasteiger charge is -2.26. The predicted octanol–water partition coefficient (Wildman–Crippen LogP) is 5.23. The van der Waals surface area contributed by atoms with E-state index in [9.17, 15) is 14.7 Å². The molecule has 2 atom stereocenters. The number of ether oxygens (including phenoxy) is 1. The molecule has 0 aliphatic heterocycles. The van der Waals surface area contributed by atoms with E-state index in [1.807, 2.05) is 6.08 Å². The molecule has 6 heteroatoms. The van der Waals surface area contributed by atoms with Crippen molar-refractivity contribution in [2.24, 2.45) is 11.1 Å². The maximum atomic E-state index is 12.2. The highest BCUT2D eigenvalue weighted by Crippen LogP contribution is 2.14. The third-order valence-electron chi connectivity index (χ3n) is 5.12. The lowest BCUT2D eigenvalue weighted by atomic mass is 9.95. The van der Waals surface area contributed by atoms with Gasteiger partial charge in [0.15, 0.2) is 0 Å². The van der Waals surface area contributed by atoms with E-state index in [4.69, 9.17) is 10.5 Å². The summed E-state index contributed by atoms with van der Waals surface area (Å²) >= 11 is 0. The summed E-state index contributed by atoms with van der Waals surface area (Å²) < 4.78 is 4.79. The molecule has 2 unspecified atom stereocenters. The molecule has 4 N–H and O–H groups in total. The molecular weight excluding hydrogens is 380 g/mol. The van der Waals surface area contributed by atoms with Crippen LogP contribution in [0.1, 0.15) is 105 Å². The van der Waals surface area contributed by atoms with Crippen molar-refractivity contribution in [3.05, 3.63) is 12.2 Å². The van der Waals surface area contributed by atoms with E-state index in [1.54, 1.807) is 26.8 Å². The normalized spacial score (nSPS) is 13.9. The maximum absolute atomic E-state index is 12.2. The molecule has 30 heavy (non-hydrogen) atoms. The zero-order valence-electron chi connectivity index (χ0n) is 19.8. The molecule has 0 saturated carbocycles. The Hall–Kier alpha value is -1.56. The van der Waals surface area contributed by atoms with Gasteiger partial charge in [-0.15, -0.1) is 0 Å². The number of nitrogens with one attached hydrogen (secondary N) is 1. The lowest BCUT2D eigenvalue weighted by molar-refractivity contribution is -0.130. The average Bonchev–Trinajstić information content (AvgIpc) is 2.67. The Morgan fingerprint density at radius 1 is 0.967 bits per heavy atom. The van der Waals surface area contributed by atoms with Crippen LogP contribution < -0.4 is 11.1 Å². The van der Waals surface area contributed by atoms with Crippen molar-refractivity contribution in [1.29, 1.82) is 0 Å². The third-order valence-corrected chi connectivity index (χ3v) is 5.12. The number of carbonyl (C=O) groups is 2. The summed E-state index contributed by atoms with van der Waals surface area (Å²) in [4.78, 5) is 23.1. The summed E-state index contributed by atoms with van der Waals surface area (Å²) in [6.45, 7) is 7.42. The fourth-order valence-electron chi connectivity index (χ4n) is 3.08. The smallest absolute Gasteiger partial charge is 0.404 e. The van der Waals surface area contributed by atoms with Gasteiger partial charge in [-0.2, -0.15) is 0 Å². The number of amides is 2. The second-order valence-electron chi connectivity index (χ2n) is 9.20. The molecule has 0 fully saturated rings. The summed E-state index contributed by atoms with van der Waals surface area (Å²) in [5.74, 6) is -0.224. The van der Waals surface area contributed by atoms with Gasteiger partial charge in [0.05, 0.1) is 12.1 Å². The number of nitrogens with two attached hydrogens (primary N) is 1. The van der Waals surface area contributed by atoms with E-state index in [1.165, 1.54) is 64.2 Å². The minimum atomic E-state index is -0.941. The van der Waals surface area contributed by atoms with Crippen LogP contribution in [0.25, 0.3) is 0 Å². The first-order valence-electron chi connectivity index (χ1n) is 11.8. The second-order valence-corrected chi connectivity index (χ2v) is 9.20. The van der Waals surface area contributed by atoms with E-state index < -0.39 is 23.7 Å². The Bertz CT molecular complexity index is 486. The molecule has 0 aliphatic rings. The van der Waals surface area contributed by atoms with Crippen LogP contribution in [-0.2, 0) is 9.53 Å². The Labute approximate surface area is 184 Å². The molecule has 0 saturated heterocycles. The SMILES string of the molecule is CCCCCCCCCCCCC/C=C/C(O)C(COC(N)=O)NC(=O)C(C)(C)C. The third kappa shape index (κ3) is 16.3. The van der Waals surface area contributed by atoms with Crippen LogP contribution in [0.3, 0.4) is 0 Å². The molecule has 0 bridgehead atoms. The fourth-order valence-corrected chi connectivity index (χ4v) is 3.08. The molecule has 0 radical (unpaired) electrons. The molecule has 0 aliphatic carbocycles. The molecule has 0 aromatic heterocycles. The van der Waals surface area contributed by atoms with Crippen LogP contribution in [0.2, 0.25) is 0 Å². The van der Waals surface area contributed by atoms with Crippen molar-refractivity contribution in [1.82, 2.24) is 5.32 Å². The molecule has 0 rings (SSSR count). The molecule has 2 amide bonds. The number of primary amides is 1. The van der Waals surface area contributed by atoms with Crippen molar-refractivity contribution in [2.45, 2.75) is 117 Å². The molecular formula is C24H46N2O4. The van der Waals surface area contributed by atoms with Crippen LogP contribution in [-0.4, -0.2) is 35.9 Å². The summed E-state index contributed by atoms with van der Waals surface area (Å²) in [5, 5.41) is 13.1. The molecule has 0 spiro atoms. The van der Waals surface area contributed by atoms with E-state index in [0.717, 1.165) is 12.8 Å². The van der Waals surface area contributed by atoms with E-state index >= 15 is 0 Å². The predicted molar refractivity (Wildman–Crippen MR) is 123 cm³/mol. The summed E-state index contributed by atoms with van der Waals surface area (Å²) in [5.41, 5.74) is 4.40. The van der Waals surface area contributed by atoms with Crippen molar-refractivity contribution in [3.63, 3.8) is 0 Å². The maximum Gasteiger partial charge on any atom is 0.404 e. The van der Waals surface area contributed by atoms with Gasteiger partial charge >= 0.3 is 6.09 Å². The van der Waals surface area contributed by atoms with Gasteiger partial charge in [-0.3, -0.25) is 4.79 Å². The summed E-state index contributed by atoms with van der Waals surface area (Å²) in [6.07, 6.45) is 16.9. The molecule has 6 nitrogen and oxygen atoms in total. The number of rotatable bonds is 17. The van der Waals surface area contributed by atoms with Crippen molar-refractivity contribution in [2.75, 3.05) is 6.61 Å². The monoisotopic (exact) mass is 426 g/mol. The van der Waals surface area contributed by atoms with Gasteiger partial charge in [-0.25, -0.2) is 4.79 Å². The molecule has 176 valence electrons. The van der Waals surface area contributed by atoms with Gasteiger partial charge < -0.3 is 20.9 Å². The minimum absolute atomic E-state index is 0.166. The zero-order chi connectivity index (χ0) is 22.8. The largest absolute Gasteiger partial charge is 0.447 e. The fraction of sp³-hybridized carbons (Fsp3) is 0.833. The van der Waals surface area contributed by atoms with Crippen molar-refractivity contribution in [3.8, 4) is 0 Å². The van der Waals surface area contributed by atoms with Gasteiger partial charge in [0.2, 0.25) is 5.91 Å². The lowest BCUT2D eigenvalue weighted by Crippen LogP contribution is -2.49. The first kappa shape index (κ1) is 28.4. The zero-order valence-corrected chi connectivity index (χ0v) is 19.8. The van der Waals surface area contributed by atoms with E-state index in [-0.39, 0.29) is 12.5 Å². The van der Waals surface area contributed by atoms with Crippen LogP contribution >= 0.6 is 0 Å². The Morgan fingerprint density at radius 3 is 1.93 bits per heavy atom. The number of hydrogen-bond donors (Lipinski definition) is 3. The Kier molecular flexibility index (Phi) is 16.3. The number of aliphatic hydroxyl groups is 1. The highest BCUT2D eigenvalue weighted by molar-refractivity contribution is 5.81. The van der Waals surface area contributed by atoms with Crippen LogP contribution in [0, 0.1) is 5.41 Å². The Morgan fingerprint density at radius 2 is 1.47 bits per heavy atom. The number of aliphatic hydroxyl groups excluding tert-OH is 1. The summed E-state index contributed by atoms with van der Waals surface area (Å²) in [7, 11) is 0. The van der Waals surface area contributed by atoms with E-state index in [2.05, 4.69) is 12.2 Å². The van der Waals surface area contributed by atoms with E-state index in [0.29, 0.717) is 0 Å². The van der Waals surface area contributed by atoms with Crippen LogP contribution in [0.4, 0.5) is 4.79 Å². The average molecular weight is 427 g/mol. The van der Waals surface area contributed by atoms with Gasteiger partial charge in [-0.05, 0) is 12.8 Å². The van der Waals surface area contributed by atoms with Gasteiger partial charge in [0.1, 0.15) is 6.61 Å². The molecule has 0 aromatic carbocycles. The topological polar surface area (TPSA) is 102 Å². The Balaban J connectivity index is 4.05. The standard InChI is InChI=1S/C24H46N2O4/c1-5-6-7-8-9-10-11-12-13-14-15-16-17-18-21(27)20(19-30-23(25)29)26-22(28)24(2,3)4/h17-18,20-21,27H,5-16,19H2,1-4H3,(H2,25,29)(H,26,28)/b18-17+. The van der Waals surface area contributed by atoms with Gasteiger partial charge in [0, 0.05) is 5.41 Å². The molecule has 0 heterocycles. The number of hydrogen-bond acceptors (Lipinski definition) is 4. The van der Waals surface area contributed by atoms with Gasteiger partial charge in [0.25, 0.3) is 0 Å². The highest BCUT2D eigenvalue weighted by atomic mass is 16.5. The second kappa shape index (κ2) is 17.2. The first-order valence-corrected chi connectivity index (χ1v) is 11.8. The van der Waals surface area contributed by atoms with Gasteiger partial charge in [-0.1, -0.05) is 104 Å². The van der Waals surface area contributed by atoms with Crippen molar-refractivity contribution >= 4 is 12.0 Å². The molecule has 0 aromatic rings. The van der Waals surface area contributed by atoms with Crippen molar-refractivity contribution < 1.29 is 19.4 Å². The van der Waals surface area contributed by atoms with Crippen LogP contribution in [0.5, 0.6) is 0 Å². The highest BCUT2D eigenvalue weighted by Gasteiger charge is 2.27. The summed E-state index contributed by atoms with van der Waals surface area (Å²) in [6, 6.07) is -0.724. The number of unbranched alkanes of at least 4 members (excludes halogenated alkanes) is 11. The number of carbonyl (C=O) groups excluding carboxylic acids is 2. The quantitative estimate of drug-likeness (QED) is 0.219. The number of allylic oxidation sites excluding steroid dienone is 1. The van der Waals surface area contributed by atoms with Crippen LogP contribution in [0.15, 0.2) is 12.2 Å². The first-order chi connectivity index (χ1) is 14.2.